The standard InChI is InChI=1S/C12H28N2/c1-5-7-10-14(4)12-8-11-13(3)9-6-2/h5-12H2,1-4H3. The summed E-state index contributed by atoms with van der Waals surface area (Å²) in [5.74, 6) is 0. The van der Waals surface area contributed by atoms with Crippen LogP contribution in [0.3, 0.4) is 0 Å². The van der Waals surface area contributed by atoms with Gasteiger partial charge in [0, 0.05) is 0 Å². The van der Waals surface area contributed by atoms with Crippen LogP contribution in [0.15, 0.2) is 0 Å². The molecule has 0 aromatic heterocycles. The van der Waals surface area contributed by atoms with Crippen LogP contribution in [0.2, 0.25) is 0 Å². The molecule has 0 fully saturated rings. The molecule has 0 N–H and O–H groups in total. The van der Waals surface area contributed by atoms with Crippen molar-refractivity contribution in [3.8, 4) is 0 Å². The summed E-state index contributed by atoms with van der Waals surface area (Å²) in [6, 6.07) is 0. The summed E-state index contributed by atoms with van der Waals surface area (Å²) in [6.45, 7) is 9.47. The molecule has 0 unspecified atom stereocenters. The molecule has 86 valence electrons. The van der Waals surface area contributed by atoms with E-state index in [0.29, 0.717) is 0 Å². The second-order valence-corrected chi connectivity index (χ2v) is 4.31. The normalized spacial score (nSPS) is 11.6. The van der Waals surface area contributed by atoms with Crippen molar-refractivity contribution in [2.45, 2.75) is 39.5 Å². The Hall–Kier alpha value is -0.0800. The van der Waals surface area contributed by atoms with Crippen molar-refractivity contribution in [3.05, 3.63) is 0 Å². The largest absolute Gasteiger partial charge is 0.306 e. The van der Waals surface area contributed by atoms with E-state index in [1.807, 2.05) is 0 Å². The van der Waals surface area contributed by atoms with Gasteiger partial charge in [0.2, 0.25) is 0 Å². The molecule has 0 bridgehead atoms. The third-order valence-corrected chi connectivity index (χ3v) is 2.58. The van der Waals surface area contributed by atoms with Gasteiger partial charge in [0.25, 0.3) is 0 Å². The Morgan fingerprint density at radius 1 is 0.643 bits per heavy atom. The van der Waals surface area contributed by atoms with Crippen molar-refractivity contribution in [3.63, 3.8) is 0 Å². The average Bonchev–Trinajstić information content (AvgIpc) is 2.15. The number of hydrogen-bond donors (Lipinski definition) is 0. The van der Waals surface area contributed by atoms with Crippen molar-refractivity contribution in [2.75, 3.05) is 40.3 Å². The molecule has 2 heteroatoms. The van der Waals surface area contributed by atoms with Crippen molar-refractivity contribution in [2.24, 2.45) is 0 Å². The van der Waals surface area contributed by atoms with Gasteiger partial charge in [-0.05, 0) is 59.5 Å². The quantitative estimate of drug-likeness (QED) is 0.564. The lowest BCUT2D eigenvalue weighted by atomic mass is 10.3. The fraction of sp³-hybridized carbons (Fsp3) is 1.00. The summed E-state index contributed by atoms with van der Waals surface area (Å²) in [7, 11) is 4.45. The van der Waals surface area contributed by atoms with Gasteiger partial charge in [0.15, 0.2) is 0 Å². The summed E-state index contributed by atoms with van der Waals surface area (Å²) in [5.41, 5.74) is 0. The maximum atomic E-state index is 2.45. The van der Waals surface area contributed by atoms with E-state index in [1.54, 1.807) is 0 Å². The molecule has 0 aromatic carbocycles. The van der Waals surface area contributed by atoms with Gasteiger partial charge in [-0.2, -0.15) is 0 Å². The SMILES string of the molecule is CCCCN(C)CCCN(C)CCC. The van der Waals surface area contributed by atoms with Crippen LogP contribution in [0.4, 0.5) is 0 Å². The minimum atomic E-state index is 1.23. The summed E-state index contributed by atoms with van der Waals surface area (Å²) in [4.78, 5) is 4.87. The van der Waals surface area contributed by atoms with E-state index in [2.05, 4.69) is 37.7 Å². The van der Waals surface area contributed by atoms with Gasteiger partial charge in [-0.15, -0.1) is 0 Å². The zero-order valence-corrected chi connectivity index (χ0v) is 10.6. The zero-order chi connectivity index (χ0) is 10.8. The zero-order valence-electron chi connectivity index (χ0n) is 10.6. The van der Waals surface area contributed by atoms with Crippen LogP contribution in [0.1, 0.15) is 39.5 Å². The molecule has 0 spiro atoms. The maximum absolute atomic E-state index is 2.45. The molecule has 0 radical (unpaired) electrons. The molecule has 0 aliphatic rings. The predicted molar refractivity (Wildman–Crippen MR) is 64.8 cm³/mol. The smallest absolute Gasteiger partial charge is 0.000960 e. The molecule has 0 atom stereocenters. The first-order valence-electron chi connectivity index (χ1n) is 6.07. The molecule has 2 nitrogen and oxygen atoms in total. The highest BCUT2D eigenvalue weighted by Gasteiger charge is 1.99. The Morgan fingerprint density at radius 2 is 1.14 bits per heavy atom. The van der Waals surface area contributed by atoms with Gasteiger partial charge in [-0.1, -0.05) is 20.3 Å². The Labute approximate surface area is 90.3 Å². The van der Waals surface area contributed by atoms with Crippen LogP contribution in [0, 0.1) is 0 Å². The highest BCUT2D eigenvalue weighted by Crippen LogP contribution is 1.95. The van der Waals surface area contributed by atoms with E-state index in [-0.39, 0.29) is 0 Å². The van der Waals surface area contributed by atoms with Gasteiger partial charge in [-0.25, -0.2) is 0 Å². The van der Waals surface area contributed by atoms with E-state index in [0.717, 1.165) is 0 Å². The van der Waals surface area contributed by atoms with Crippen LogP contribution in [0.25, 0.3) is 0 Å². The molecule has 0 amide bonds. The molecule has 14 heavy (non-hydrogen) atoms. The summed E-state index contributed by atoms with van der Waals surface area (Å²) in [6.07, 6.45) is 5.21. The maximum Gasteiger partial charge on any atom is -0.000960 e. The van der Waals surface area contributed by atoms with Crippen LogP contribution < -0.4 is 0 Å². The Bertz CT molecular complexity index is 115. The minimum absolute atomic E-state index is 1.23. The average molecular weight is 200 g/mol. The molecule has 0 aliphatic carbocycles. The van der Waals surface area contributed by atoms with E-state index in [9.17, 15) is 0 Å². The fourth-order valence-corrected chi connectivity index (χ4v) is 1.64. The van der Waals surface area contributed by atoms with Crippen LogP contribution >= 0.6 is 0 Å². The Balaban J connectivity index is 3.25. The Morgan fingerprint density at radius 3 is 1.64 bits per heavy atom. The first-order valence-corrected chi connectivity index (χ1v) is 6.07. The van der Waals surface area contributed by atoms with E-state index in [1.165, 1.54) is 51.9 Å². The van der Waals surface area contributed by atoms with E-state index in [4.69, 9.17) is 0 Å². The fourth-order valence-electron chi connectivity index (χ4n) is 1.64. The highest BCUT2D eigenvalue weighted by molar-refractivity contribution is 4.55. The summed E-state index contributed by atoms with van der Waals surface area (Å²) in [5, 5.41) is 0. The van der Waals surface area contributed by atoms with Crippen LogP contribution in [-0.4, -0.2) is 50.1 Å². The second-order valence-electron chi connectivity index (χ2n) is 4.31. The van der Waals surface area contributed by atoms with Gasteiger partial charge in [-0.3, -0.25) is 0 Å². The third kappa shape index (κ3) is 8.52. The van der Waals surface area contributed by atoms with Crippen LogP contribution in [-0.2, 0) is 0 Å². The summed E-state index contributed by atoms with van der Waals surface area (Å²) >= 11 is 0. The Kier molecular flexibility index (Phi) is 9.42. The topological polar surface area (TPSA) is 6.48 Å². The molecular formula is C12H28N2. The summed E-state index contributed by atoms with van der Waals surface area (Å²) < 4.78 is 0. The first kappa shape index (κ1) is 13.9. The number of nitrogens with zero attached hydrogens (tertiary/aromatic N) is 2. The monoisotopic (exact) mass is 200 g/mol. The lowest BCUT2D eigenvalue weighted by Crippen LogP contribution is -2.26. The molecule has 0 saturated heterocycles. The molecule has 0 saturated carbocycles. The van der Waals surface area contributed by atoms with Crippen LogP contribution in [0.5, 0.6) is 0 Å². The minimum Gasteiger partial charge on any atom is -0.306 e. The van der Waals surface area contributed by atoms with Gasteiger partial charge in [0.05, 0.1) is 0 Å². The lowest BCUT2D eigenvalue weighted by Gasteiger charge is -2.19. The van der Waals surface area contributed by atoms with E-state index < -0.39 is 0 Å². The van der Waals surface area contributed by atoms with Crippen molar-refractivity contribution >= 4 is 0 Å². The van der Waals surface area contributed by atoms with Gasteiger partial charge >= 0.3 is 0 Å². The molecule has 0 heterocycles. The van der Waals surface area contributed by atoms with Crippen molar-refractivity contribution in [1.82, 2.24) is 9.80 Å². The predicted octanol–water partition coefficient (Wildman–Crippen LogP) is 2.45. The third-order valence-electron chi connectivity index (χ3n) is 2.58. The van der Waals surface area contributed by atoms with E-state index >= 15 is 0 Å². The van der Waals surface area contributed by atoms with Gasteiger partial charge in [0.1, 0.15) is 0 Å². The van der Waals surface area contributed by atoms with Gasteiger partial charge < -0.3 is 9.80 Å². The molecular weight excluding hydrogens is 172 g/mol. The first-order chi connectivity index (χ1) is 6.70. The molecule has 0 aliphatic heterocycles. The van der Waals surface area contributed by atoms with Crippen molar-refractivity contribution < 1.29 is 0 Å². The number of unbranched alkanes of at least 4 members (excludes halogenated alkanes) is 1. The number of rotatable bonds is 9. The molecule has 0 rings (SSSR count). The lowest BCUT2D eigenvalue weighted by molar-refractivity contribution is 0.276. The highest BCUT2D eigenvalue weighted by atomic mass is 15.1. The van der Waals surface area contributed by atoms with Crippen molar-refractivity contribution in [1.29, 1.82) is 0 Å². The molecule has 0 aromatic rings. The second kappa shape index (κ2) is 9.47. The number of hydrogen-bond acceptors (Lipinski definition) is 2.